The molecule has 1 unspecified atom stereocenters. The van der Waals surface area contributed by atoms with E-state index >= 15 is 0 Å². The number of esters is 1. The first-order valence-corrected chi connectivity index (χ1v) is 8.02. The summed E-state index contributed by atoms with van der Waals surface area (Å²) in [7, 11) is 0. The van der Waals surface area contributed by atoms with Crippen molar-refractivity contribution in [3.05, 3.63) is 40.3 Å². The van der Waals surface area contributed by atoms with Crippen LogP contribution in [0.3, 0.4) is 0 Å². The Bertz CT molecular complexity index is 1100. The van der Waals surface area contributed by atoms with Crippen LogP contribution in [-0.4, -0.2) is 24.3 Å². The van der Waals surface area contributed by atoms with Gasteiger partial charge in [0.2, 0.25) is 0 Å². The third-order valence-electron chi connectivity index (χ3n) is 4.40. The Labute approximate surface area is 142 Å². The highest BCUT2D eigenvalue weighted by molar-refractivity contribution is 6.11. The van der Waals surface area contributed by atoms with E-state index in [2.05, 4.69) is 10.2 Å². The molecule has 2 aliphatic rings. The van der Waals surface area contributed by atoms with Gasteiger partial charge in [0.05, 0.1) is 12.3 Å². The molecule has 6 nitrogen and oxygen atoms in total. The van der Waals surface area contributed by atoms with E-state index < -0.39 is 17.8 Å². The van der Waals surface area contributed by atoms with E-state index in [0.717, 1.165) is 21.2 Å². The number of nitrogens with zero attached hydrogens (tertiary/aromatic N) is 2. The van der Waals surface area contributed by atoms with E-state index in [0.29, 0.717) is 17.7 Å². The smallest absolute Gasteiger partial charge is 0.323 e. The summed E-state index contributed by atoms with van der Waals surface area (Å²) in [6.45, 7) is 1.87. The second-order valence-corrected chi connectivity index (χ2v) is 5.94. The fourth-order valence-electron chi connectivity index (χ4n) is 3.28. The Balaban J connectivity index is 2.03. The molecule has 0 bridgehead atoms. The maximum Gasteiger partial charge on any atom is 0.323 e. The monoisotopic (exact) mass is 334 g/mol. The van der Waals surface area contributed by atoms with Gasteiger partial charge in [-0.15, -0.1) is 10.2 Å². The molecule has 2 aromatic rings. The molecule has 0 saturated carbocycles. The van der Waals surface area contributed by atoms with Crippen LogP contribution >= 0.6 is 0 Å². The number of rotatable bonds is 2. The molecule has 1 atom stereocenters. The Hall–Kier alpha value is -3.15. The van der Waals surface area contributed by atoms with Gasteiger partial charge in [-0.25, -0.2) is 0 Å². The molecule has 1 aliphatic heterocycles. The van der Waals surface area contributed by atoms with E-state index in [1.807, 2.05) is 24.3 Å². The van der Waals surface area contributed by atoms with Crippen molar-refractivity contribution in [1.29, 1.82) is 0 Å². The molecule has 1 aliphatic carbocycles. The highest BCUT2D eigenvalue weighted by atomic mass is 16.5. The van der Waals surface area contributed by atoms with Crippen molar-refractivity contribution in [3.8, 4) is 0 Å². The standard InChI is InChI=1S/C19H14N2O4/c1-2-25-19(24)17-16-14-9-10-3-5-13(22)8-12(10)7-11(14)4-6-15(16)20-21-18(17)23/h3-4,6-9,17H,2,5H2,1H3. The summed E-state index contributed by atoms with van der Waals surface area (Å²) >= 11 is 0. The van der Waals surface area contributed by atoms with Gasteiger partial charge in [0, 0.05) is 12.0 Å². The molecule has 0 radical (unpaired) electrons. The molecule has 1 amide bonds. The number of Topliss-reactive ketones (excluding diaryl/α,β-unsaturated/α-hetero) is 1. The predicted molar refractivity (Wildman–Crippen MR) is 90.6 cm³/mol. The molecule has 6 heteroatoms. The molecular weight excluding hydrogens is 320 g/mol. The summed E-state index contributed by atoms with van der Waals surface area (Å²) in [5.41, 5.74) is 1.00. The average Bonchev–Trinajstić information content (AvgIpc) is 2.60. The minimum atomic E-state index is -1.11. The van der Waals surface area contributed by atoms with E-state index in [4.69, 9.17) is 4.74 Å². The molecule has 0 fully saturated rings. The first kappa shape index (κ1) is 15.4. The van der Waals surface area contributed by atoms with Crippen molar-refractivity contribution in [1.82, 2.24) is 0 Å². The summed E-state index contributed by atoms with van der Waals surface area (Å²) in [4.78, 5) is 36.2. The third-order valence-corrected chi connectivity index (χ3v) is 4.40. The normalized spacial score (nSPS) is 18.2. The number of hydrogen-bond donors (Lipinski definition) is 0. The van der Waals surface area contributed by atoms with Crippen molar-refractivity contribution in [2.75, 3.05) is 6.61 Å². The summed E-state index contributed by atoms with van der Waals surface area (Å²) in [6.07, 6.45) is 3.80. The zero-order valence-corrected chi connectivity index (χ0v) is 13.5. The fourth-order valence-corrected chi connectivity index (χ4v) is 3.28. The number of ether oxygens (including phenoxy) is 1. The molecule has 25 heavy (non-hydrogen) atoms. The van der Waals surface area contributed by atoms with Crippen LogP contribution in [0.1, 0.15) is 24.8 Å². The lowest BCUT2D eigenvalue weighted by atomic mass is 9.89. The molecule has 1 heterocycles. The van der Waals surface area contributed by atoms with Gasteiger partial charge in [0.1, 0.15) is 0 Å². The first-order valence-electron chi connectivity index (χ1n) is 8.02. The van der Waals surface area contributed by atoms with Gasteiger partial charge in [-0.2, -0.15) is 0 Å². The second-order valence-electron chi connectivity index (χ2n) is 5.94. The number of amides is 1. The maximum atomic E-state index is 12.3. The number of benzene rings is 2. The van der Waals surface area contributed by atoms with Gasteiger partial charge in [-0.3, -0.25) is 14.4 Å². The van der Waals surface area contributed by atoms with Crippen LogP contribution in [0.15, 0.2) is 34.5 Å². The SMILES string of the molecule is CCOC(=O)C1C(=O)N=Nc2ccc3cc4c(cc3c21)=CCC(=O)C=4. The second kappa shape index (κ2) is 5.73. The summed E-state index contributed by atoms with van der Waals surface area (Å²) in [5.74, 6) is -2.30. The van der Waals surface area contributed by atoms with Crippen LogP contribution in [0.5, 0.6) is 0 Å². The van der Waals surface area contributed by atoms with Crippen LogP contribution in [0.4, 0.5) is 5.69 Å². The molecule has 0 spiro atoms. The van der Waals surface area contributed by atoms with Gasteiger partial charge in [0.25, 0.3) is 5.91 Å². The average molecular weight is 334 g/mol. The van der Waals surface area contributed by atoms with Gasteiger partial charge < -0.3 is 4.74 Å². The molecule has 0 N–H and O–H groups in total. The predicted octanol–water partition coefficient (Wildman–Crippen LogP) is 1.64. The lowest BCUT2D eigenvalue weighted by molar-refractivity contribution is -0.147. The number of hydrogen-bond acceptors (Lipinski definition) is 5. The number of ketones is 1. The number of carbonyl (C=O) groups is 3. The fraction of sp³-hybridized carbons (Fsp3) is 0.211. The topological polar surface area (TPSA) is 85.2 Å². The summed E-state index contributed by atoms with van der Waals surface area (Å²) in [6, 6.07) is 7.35. The quantitative estimate of drug-likeness (QED) is 0.617. The van der Waals surface area contributed by atoms with Crippen LogP contribution in [0.2, 0.25) is 0 Å². The number of carbonyl (C=O) groups excluding carboxylic acids is 3. The molecular formula is C19H14N2O4. The van der Waals surface area contributed by atoms with E-state index in [1.165, 1.54) is 0 Å². The minimum Gasteiger partial charge on any atom is -0.465 e. The van der Waals surface area contributed by atoms with E-state index in [9.17, 15) is 14.4 Å². The lowest BCUT2D eigenvalue weighted by Crippen LogP contribution is -2.30. The van der Waals surface area contributed by atoms with Crippen molar-refractivity contribution in [2.24, 2.45) is 10.2 Å². The zero-order valence-electron chi connectivity index (χ0n) is 13.5. The molecule has 4 rings (SSSR count). The maximum absolute atomic E-state index is 12.3. The molecule has 0 saturated heterocycles. The van der Waals surface area contributed by atoms with Crippen molar-refractivity contribution >= 4 is 46.3 Å². The molecule has 0 aromatic heterocycles. The Morgan fingerprint density at radius 3 is 2.84 bits per heavy atom. The van der Waals surface area contributed by atoms with E-state index in [1.54, 1.807) is 19.1 Å². The van der Waals surface area contributed by atoms with Crippen molar-refractivity contribution in [3.63, 3.8) is 0 Å². The van der Waals surface area contributed by atoms with Crippen molar-refractivity contribution < 1.29 is 19.1 Å². The lowest BCUT2D eigenvalue weighted by Gasteiger charge is -2.19. The van der Waals surface area contributed by atoms with E-state index in [-0.39, 0.29) is 12.4 Å². The van der Waals surface area contributed by atoms with Crippen LogP contribution in [0.25, 0.3) is 22.9 Å². The zero-order chi connectivity index (χ0) is 17.6. The summed E-state index contributed by atoms with van der Waals surface area (Å²) < 4.78 is 5.06. The molecule has 2 aromatic carbocycles. The van der Waals surface area contributed by atoms with Crippen LogP contribution < -0.4 is 10.4 Å². The summed E-state index contributed by atoms with van der Waals surface area (Å²) in [5, 5.41) is 10.8. The molecule has 124 valence electrons. The minimum absolute atomic E-state index is 0.0539. The largest absolute Gasteiger partial charge is 0.465 e. The Kier molecular flexibility index (Phi) is 3.53. The number of azo groups is 1. The van der Waals surface area contributed by atoms with Gasteiger partial charge in [-0.05, 0) is 52.4 Å². The van der Waals surface area contributed by atoms with Crippen LogP contribution in [-0.2, 0) is 19.1 Å². The first-order chi connectivity index (χ1) is 12.1. The Morgan fingerprint density at radius 2 is 2.04 bits per heavy atom. The highest BCUT2D eigenvalue weighted by Gasteiger charge is 2.36. The van der Waals surface area contributed by atoms with Gasteiger partial charge in [0.15, 0.2) is 11.7 Å². The number of fused-ring (bicyclic) bond motifs is 4. The Morgan fingerprint density at radius 1 is 1.20 bits per heavy atom. The van der Waals surface area contributed by atoms with Crippen LogP contribution in [0, 0.1) is 0 Å². The van der Waals surface area contributed by atoms with Crippen molar-refractivity contribution in [2.45, 2.75) is 19.3 Å². The van der Waals surface area contributed by atoms with Gasteiger partial charge >= 0.3 is 5.97 Å². The highest BCUT2D eigenvalue weighted by Crippen LogP contribution is 2.38. The third kappa shape index (κ3) is 2.46. The van der Waals surface area contributed by atoms with Gasteiger partial charge in [-0.1, -0.05) is 12.1 Å².